The molecule has 1 aromatic carbocycles. The molecule has 124 valence electrons. The molecule has 5 nitrogen and oxygen atoms in total. The summed E-state index contributed by atoms with van der Waals surface area (Å²) in [4.78, 5) is 8.89. The van der Waals surface area contributed by atoms with Crippen molar-refractivity contribution in [1.29, 1.82) is 0 Å². The molecule has 6 heteroatoms. The summed E-state index contributed by atoms with van der Waals surface area (Å²) in [5, 5.41) is 10.4. The Morgan fingerprint density at radius 3 is 2.87 bits per heavy atom. The molecule has 1 heterocycles. The maximum Gasteiger partial charge on any atom is 0.204 e. The van der Waals surface area contributed by atoms with Crippen molar-refractivity contribution in [3.8, 4) is 0 Å². The molecule has 23 heavy (non-hydrogen) atoms. The highest BCUT2D eigenvalue weighted by Crippen LogP contribution is 2.34. The lowest BCUT2D eigenvalue weighted by Crippen LogP contribution is -2.33. The molecule has 0 aliphatic heterocycles. The van der Waals surface area contributed by atoms with Gasteiger partial charge in [-0.05, 0) is 30.4 Å². The highest BCUT2D eigenvalue weighted by atomic mass is 32.1. The van der Waals surface area contributed by atoms with Crippen LogP contribution >= 0.6 is 11.5 Å². The molecule has 1 atom stereocenters. The van der Waals surface area contributed by atoms with Gasteiger partial charge in [0.2, 0.25) is 5.13 Å². The molecule has 0 saturated heterocycles. The number of aryl methyl sites for hydroxylation is 1. The molecule has 0 fully saturated rings. The monoisotopic (exact) mass is 332 g/mol. The lowest BCUT2D eigenvalue weighted by Gasteiger charge is -2.35. The van der Waals surface area contributed by atoms with E-state index in [1.807, 2.05) is 19.0 Å². The summed E-state index contributed by atoms with van der Waals surface area (Å²) >= 11 is 1.43. The van der Waals surface area contributed by atoms with Crippen LogP contribution < -0.4 is 4.90 Å². The van der Waals surface area contributed by atoms with E-state index in [-0.39, 0.29) is 6.61 Å². The smallest absolute Gasteiger partial charge is 0.204 e. The van der Waals surface area contributed by atoms with Crippen LogP contribution in [0.4, 0.5) is 5.13 Å². The highest BCUT2D eigenvalue weighted by Gasteiger charge is 2.26. The van der Waals surface area contributed by atoms with Gasteiger partial charge >= 0.3 is 0 Å². The highest BCUT2D eigenvalue weighted by molar-refractivity contribution is 7.09. The number of benzene rings is 1. The molecular formula is C17H24N4OS. The minimum absolute atomic E-state index is 0.156. The van der Waals surface area contributed by atoms with Gasteiger partial charge in [-0.1, -0.05) is 24.3 Å². The summed E-state index contributed by atoms with van der Waals surface area (Å²) in [5.74, 6) is 0.843. The average Bonchev–Trinajstić information content (AvgIpc) is 3.03. The van der Waals surface area contributed by atoms with Crippen LogP contribution in [-0.2, 0) is 13.0 Å². The van der Waals surface area contributed by atoms with Crippen LogP contribution in [0.3, 0.4) is 0 Å². The van der Waals surface area contributed by atoms with E-state index in [1.54, 1.807) is 0 Å². The molecule has 1 aliphatic rings. The van der Waals surface area contributed by atoms with Gasteiger partial charge < -0.3 is 10.0 Å². The third-order valence-corrected chi connectivity index (χ3v) is 5.27. The van der Waals surface area contributed by atoms with E-state index in [0.29, 0.717) is 19.1 Å². The Bertz CT molecular complexity index is 643. The largest absolute Gasteiger partial charge is 0.395 e. The zero-order valence-electron chi connectivity index (χ0n) is 13.8. The van der Waals surface area contributed by atoms with Crippen molar-refractivity contribution in [2.24, 2.45) is 0 Å². The van der Waals surface area contributed by atoms with E-state index in [9.17, 15) is 5.11 Å². The van der Waals surface area contributed by atoms with E-state index in [4.69, 9.17) is 0 Å². The maximum absolute atomic E-state index is 9.50. The van der Waals surface area contributed by atoms with E-state index >= 15 is 0 Å². The summed E-state index contributed by atoms with van der Waals surface area (Å²) < 4.78 is 4.48. The predicted octanol–water partition coefficient (Wildman–Crippen LogP) is 2.48. The number of hydrogen-bond donors (Lipinski definition) is 1. The number of fused-ring (bicyclic) bond motifs is 1. The fourth-order valence-corrected chi connectivity index (χ4v) is 3.85. The van der Waals surface area contributed by atoms with E-state index in [1.165, 1.54) is 29.1 Å². The Hall–Kier alpha value is -1.50. The van der Waals surface area contributed by atoms with Crippen LogP contribution in [0.15, 0.2) is 24.3 Å². The van der Waals surface area contributed by atoms with Crippen molar-refractivity contribution in [3.05, 3.63) is 41.2 Å². The Morgan fingerprint density at radius 2 is 2.13 bits per heavy atom. The molecule has 1 aromatic heterocycles. The van der Waals surface area contributed by atoms with Crippen LogP contribution in [0.25, 0.3) is 0 Å². The van der Waals surface area contributed by atoms with Gasteiger partial charge in [-0.3, -0.25) is 4.90 Å². The molecule has 0 saturated carbocycles. The zero-order chi connectivity index (χ0) is 16.2. The number of aromatic nitrogens is 2. The molecule has 1 N–H and O–H groups in total. The lowest BCUT2D eigenvalue weighted by atomic mass is 9.87. The first-order valence-corrected chi connectivity index (χ1v) is 8.89. The quantitative estimate of drug-likeness (QED) is 0.881. The fraction of sp³-hybridized carbons (Fsp3) is 0.529. The number of hydrogen-bond acceptors (Lipinski definition) is 6. The summed E-state index contributed by atoms with van der Waals surface area (Å²) in [6, 6.07) is 9.02. The third-order valence-electron chi connectivity index (χ3n) is 4.35. The number of aliphatic hydroxyl groups excluding tert-OH is 1. The fourth-order valence-electron chi connectivity index (χ4n) is 3.25. The van der Waals surface area contributed by atoms with Gasteiger partial charge in [0.25, 0.3) is 0 Å². The molecule has 0 amide bonds. The normalized spacial score (nSPS) is 17.3. The van der Waals surface area contributed by atoms with E-state index in [2.05, 4.69) is 38.5 Å². The van der Waals surface area contributed by atoms with Crippen LogP contribution in [0.1, 0.15) is 35.8 Å². The Balaban J connectivity index is 1.81. The van der Waals surface area contributed by atoms with E-state index in [0.717, 1.165) is 23.8 Å². The topological polar surface area (TPSA) is 52.5 Å². The first-order valence-electron chi connectivity index (χ1n) is 8.11. The van der Waals surface area contributed by atoms with Crippen molar-refractivity contribution in [2.75, 3.05) is 32.1 Å². The first kappa shape index (κ1) is 16.4. The van der Waals surface area contributed by atoms with Crippen molar-refractivity contribution >= 4 is 16.7 Å². The van der Waals surface area contributed by atoms with Crippen molar-refractivity contribution in [3.63, 3.8) is 0 Å². The molecule has 1 aliphatic carbocycles. The van der Waals surface area contributed by atoms with Crippen molar-refractivity contribution in [2.45, 2.75) is 31.8 Å². The number of anilines is 1. The Kier molecular flexibility index (Phi) is 5.25. The number of rotatable bonds is 6. The summed E-state index contributed by atoms with van der Waals surface area (Å²) in [6.45, 7) is 1.49. The second kappa shape index (κ2) is 7.38. The Morgan fingerprint density at radius 1 is 1.30 bits per heavy atom. The number of nitrogens with zero attached hydrogens (tertiary/aromatic N) is 4. The second-order valence-corrected chi connectivity index (χ2v) is 6.92. The summed E-state index contributed by atoms with van der Waals surface area (Å²) in [5.41, 5.74) is 2.84. The lowest BCUT2D eigenvalue weighted by molar-refractivity contribution is 0.129. The third kappa shape index (κ3) is 3.71. The molecule has 0 radical (unpaired) electrons. The minimum atomic E-state index is 0.156. The predicted molar refractivity (Wildman–Crippen MR) is 93.9 cm³/mol. The molecule has 0 bridgehead atoms. The summed E-state index contributed by atoms with van der Waals surface area (Å²) in [7, 11) is 3.96. The van der Waals surface area contributed by atoms with Gasteiger partial charge in [0.15, 0.2) is 5.82 Å². The second-order valence-electron chi connectivity index (χ2n) is 6.19. The molecule has 3 rings (SSSR count). The van der Waals surface area contributed by atoms with Crippen molar-refractivity contribution in [1.82, 2.24) is 14.3 Å². The summed E-state index contributed by atoms with van der Waals surface area (Å²) in [6.07, 6.45) is 3.47. The molecule has 0 spiro atoms. The molecule has 2 aromatic rings. The van der Waals surface area contributed by atoms with Crippen LogP contribution in [0.2, 0.25) is 0 Å². The van der Waals surface area contributed by atoms with Gasteiger partial charge in [-0.15, -0.1) is 0 Å². The van der Waals surface area contributed by atoms with Gasteiger partial charge in [0.1, 0.15) is 0 Å². The molecular weight excluding hydrogens is 308 g/mol. The van der Waals surface area contributed by atoms with Gasteiger partial charge in [0.05, 0.1) is 13.2 Å². The zero-order valence-corrected chi connectivity index (χ0v) is 14.6. The average molecular weight is 332 g/mol. The van der Waals surface area contributed by atoms with Gasteiger partial charge in [-0.2, -0.15) is 4.37 Å². The maximum atomic E-state index is 9.50. The van der Waals surface area contributed by atoms with Gasteiger partial charge in [-0.25, -0.2) is 4.98 Å². The minimum Gasteiger partial charge on any atom is -0.395 e. The Labute approximate surface area is 141 Å². The number of aliphatic hydroxyl groups is 1. The van der Waals surface area contributed by atoms with Crippen LogP contribution in [0, 0.1) is 0 Å². The van der Waals surface area contributed by atoms with Crippen LogP contribution in [-0.4, -0.2) is 46.6 Å². The van der Waals surface area contributed by atoms with E-state index < -0.39 is 0 Å². The van der Waals surface area contributed by atoms with Crippen molar-refractivity contribution < 1.29 is 5.11 Å². The first-order chi connectivity index (χ1) is 11.2. The molecule has 1 unspecified atom stereocenters. The SMILES string of the molecule is CN(C)c1nc(CN(CCO)C2CCCc3ccccc32)ns1. The van der Waals surface area contributed by atoms with Gasteiger partial charge in [0, 0.05) is 38.2 Å². The standard InChI is InChI=1S/C17H24N4OS/c1-20(2)17-18-16(19-23-17)12-21(10-11-22)15-9-5-7-13-6-3-4-8-14(13)15/h3-4,6,8,15,22H,5,7,9-12H2,1-2H3. The van der Waals surface area contributed by atoms with Crippen LogP contribution in [0.5, 0.6) is 0 Å².